The zero-order valence-corrected chi connectivity index (χ0v) is 20.3. The summed E-state index contributed by atoms with van der Waals surface area (Å²) >= 11 is 0. The van der Waals surface area contributed by atoms with Gasteiger partial charge in [-0.25, -0.2) is 9.07 Å². The van der Waals surface area contributed by atoms with E-state index in [4.69, 9.17) is 14.6 Å². The van der Waals surface area contributed by atoms with Crippen LogP contribution < -0.4 is 4.74 Å². The second-order valence-corrected chi connectivity index (χ2v) is 9.73. The summed E-state index contributed by atoms with van der Waals surface area (Å²) in [5, 5.41) is 4.91. The van der Waals surface area contributed by atoms with Crippen LogP contribution in [0.25, 0.3) is 5.69 Å². The molecule has 0 spiro atoms. The average molecular weight is 478 g/mol. The number of para-hydroxylation sites is 2. The molecule has 3 aromatic rings. The highest BCUT2D eigenvalue weighted by molar-refractivity contribution is 5.81. The van der Waals surface area contributed by atoms with Gasteiger partial charge in [0, 0.05) is 19.1 Å². The third kappa shape index (κ3) is 5.25. The Balaban J connectivity index is 1.58. The van der Waals surface area contributed by atoms with Gasteiger partial charge in [0.05, 0.1) is 29.6 Å². The Morgan fingerprint density at radius 3 is 2.54 bits per heavy atom. The maximum Gasteiger partial charge on any atom is 0.228 e. The smallest absolute Gasteiger partial charge is 0.228 e. The van der Waals surface area contributed by atoms with E-state index < -0.39 is 5.82 Å². The number of amides is 1. The molecule has 2 heterocycles. The van der Waals surface area contributed by atoms with E-state index in [-0.39, 0.29) is 29.6 Å². The van der Waals surface area contributed by atoms with Crippen molar-refractivity contribution in [2.75, 3.05) is 13.2 Å². The van der Waals surface area contributed by atoms with E-state index in [1.165, 1.54) is 6.07 Å². The van der Waals surface area contributed by atoms with Crippen LogP contribution in [-0.4, -0.2) is 39.8 Å². The summed E-state index contributed by atoms with van der Waals surface area (Å²) < 4.78 is 28.5. The Kier molecular flexibility index (Phi) is 6.86. The summed E-state index contributed by atoms with van der Waals surface area (Å²) in [6.07, 6.45) is 3.87. The van der Waals surface area contributed by atoms with Gasteiger partial charge in [0.1, 0.15) is 0 Å². The van der Waals surface area contributed by atoms with Gasteiger partial charge in [-0.3, -0.25) is 4.79 Å². The molecule has 6 nitrogen and oxygen atoms in total. The number of hydrogen-bond donors (Lipinski definition) is 0. The van der Waals surface area contributed by atoms with Crippen molar-refractivity contribution >= 4 is 5.91 Å². The highest BCUT2D eigenvalue weighted by Crippen LogP contribution is 2.37. The fraction of sp³-hybridized carbons (Fsp3) is 0.429. The zero-order chi connectivity index (χ0) is 24.4. The Labute approximate surface area is 205 Å². The van der Waals surface area contributed by atoms with E-state index in [9.17, 15) is 9.18 Å². The van der Waals surface area contributed by atoms with Crippen LogP contribution >= 0.6 is 0 Å². The maximum atomic E-state index is 14.6. The molecular formula is C28H32FN3O3. The van der Waals surface area contributed by atoms with E-state index in [2.05, 4.69) is 13.8 Å². The largest absolute Gasteiger partial charge is 0.435 e. The first-order chi connectivity index (χ1) is 17.0. The van der Waals surface area contributed by atoms with E-state index in [1.54, 1.807) is 22.9 Å². The Morgan fingerprint density at radius 1 is 1.14 bits per heavy atom. The predicted molar refractivity (Wildman–Crippen MR) is 131 cm³/mol. The quantitative estimate of drug-likeness (QED) is 0.388. The van der Waals surface area contributed by atoms with Crippen molar-refractivity contribution in [3.63, 3.8) is 0 Å². The maximum absolute atomic E-state index is 14.6. The molecular weight excluding hydrogens is 445 g/mol. The van der Waals surface area contributed by atoms with Crippen LogP contribution in [0.15, 0.2) is 54.6 Å². The highest BCUT2D eigenvalue weighted by atomic mass is 19.1. The molecule has 0 unspecified atom stereocenters. The molecule has 1 saturated heterocycles. The lowest BCUT2D eigenvalue weighted by Crippen LogP contribution is -2.38. The van der Waals surface area contributed by atoms with E-state index >= 15 is 0 Å². The van der Waals surface area contributed by atoms with Gasteiger partial charge >= 0.3 is 0 Å². The van der Waals surface area contributed by atoms with Gasteiger partial charge in [0.2, 0.25) is 11.8 Å². The van der Waals surface area contributed by atoms with Gasteiger partial charge in [-0.1, -0.05) is 44.2 Å². The van der Waals surface area contributed by atoms with Gasteiger partial charge in [-0.2, -0.15) is 5.10 Å². The van der Waals surface area contributed by atoms with Crippen molar-refractivity contribution in [3.8, 4) is 17.3 Å². The van der Waals surface area contributed by atoms with E-state index in [0.717, 1.165) is 49.2 Å². The lowest BCUT2D eigenvalue weighted by Gasteiger charge is -2.26. The van der Waals surface area contributed by atoms with E-state index in [0.29, 0.717) is 19.0 Å². The number of halogens is 1. The number of carbonyl (C=O) groups excluding carboxylic acids is 1. The third-order valence-corrected chi connectivity index (χ3v) is 6.59. The molecule has 2 aliphatic rings. The second-order valence-electron chi connectivity index (χ2n) is 9.73. The fourth-order valence-electron chi connectivity index (χ4n) is 4.59. The molecule has 1 aromatic heterocycles. The summed E-state index contributed by atoms with van der Waals surface area (Å²) in [5.41, 5.74) is 2.45. The van der Waals surface area contributed by atoms with Crippen LogP contribution in [0.3, 0.4) is 0 Å². The molecule has 0 N–H and O–H groups in total. The summed E-state index contributed by atoms with van der Waals surface area (Å²) in [4.78, 5) is 15.2. The first-order valence-corrected chi connectivity index (χ1v) is 12.5. The highest BCUT2D eigenvalue weighted by Gasteiger charge is 2.36. The van der Waals surface area contributed by atoms with Gasteiger partial charge in [0.15, 0.2) is 11.6 Å². The molecule has 0 radical (unpaired) electrons. The number of carbonyl (C=O) groups is 1. The Bertz CT molecular complexity index is 1170. The minimum absolute atomic E-state index is 0.0419. The number of aromatic nitrogens is 2. The SMILES string of the molecule is CC(C)c1nn(-c2ccccc2)c(Oc2ccccc2F)c1CN(C[C@H]1CCCO1)C(=O)C1CC1. The van der Waals surface area contributed by atoms with Crippen molar-refractivity contribution in [3.05, 3.63) is 71.7 Å². The van der Waals surface area contributed by atoms with Crippen LogP contribution in [0.4, 0.5) is 4.39 Å². The molecule has 1 aliphatic carbocycles. The van der Waals surface area contributed by atoms with Crippen LogP contribution in [0.5, 0.6) is 11.6 Å². The first-order valence-electron chi connectivity index (χ1n) is 12.5. The topological polar surface area (TPSA) is 56.6 Å². The van der Waals surface area contributed by atoms with E-state index in [1.807, 2.05) is 35.2 Å². The molecule has 1 aliphatic heterocycles. The zero-order valence-electron chi connectivity index (χ0n) is 20.3. The summed E-state index contributed by atoms with van der Waals surface area (Å²) in [6, 6.07) is 16.0. The standard InChI is InChI=1S/C28H32FN3O3/c1-19(2)26-23(18-31(27(33)20-14-15-20)17-22-11-8-16-34-22)28(35-25-13-7-6-12-24(25)29)32(30-26)21-9-4-3-5-10-21/h3-7,9-10,12-13,19-20,22H,8,11,14-18H2,1-2H3/t22-/m1/s1. The van der Waals surface area contributed by atoms with Crippen LogP contribution in [-0.2, 0) is 16.1 Å². The molecule has 1 atom stereocenters. The number of rotatable bonds is 9. The number of hydrogen-bond acceptors (Lipinski definition) is 4. The third-order valence-electron chi connectivity index (χ3n) is 6.59. The van der Waals surface area contributed by atoms with Gasteiger partial charge < -0.3 is 14.4 Å². The molecule has 184 valence electrons. The lowest BCUT2D eigenvalue weighted by molar-refractivity contribution is -0.134. The average Bonchev–Trinajstić information content (AvgIpc) is 3.47. The molecule has 2 aromatic carbocycles. The normalized spacial score (nSPS) is 17.7. The Morgan fingerprint density at radius 2 is 1.89 bits per heavy atom. The first kappa shape index (κ1) is 23.5. The van der Waals surface area contributed by atoms with Crippen molar-refractivity contribution in [1.29, 1.82) is 0 Å². The molecule has 35 heavy (non-hydrogen) atoms. The molecule has 2 fully saturated rings. The van der Waals surface area contributed by atoms with Crippen molar-refractivity contribution in [2.45, 2.75) is 58.1 Å². The monoisotopic (exact) mass is 477 g/mol. The van der Waals surface area contributed by atoms with Crippen molar-refractivity contribution in [1.82, 2.24) is 14.7 Å². The van der Waals surface area contributed by atoms with Crippen LogP contribution in [0.1, 0.15) is 56.7 Å². The number of nitrogens with zero attached hydrogens (tertiary/aromatic N) is 3. The van der Waals surface area contributed by atoms with Crippen molar-refractivity contribution in [2.24, 2.45) is 5.92 Å². The number of ether oxygens (including phenoxy) is 2. The van der Waals surface area contributed by atoms with Crippen LogP contribution in [0.2, 0.25) is 0 Å². The second kappa shape index (κ2) is 10.2. The van der Waals surface area contributed by atoms with Crippen LogP contribution in [0, 0.1) is 11.7 Å². The minimum atomic E-state index is -0.448. The number of benzene rings is 2. The fourth-order valence-corrected chi connectivity index (χ4v) is 4.59. The summed E-state index contributed by atoms with van der Waals surface area (Å²) in [7, 11) is 0. The summed E-state index contributed by atoms with van der Waals surface area (Å²) in [6.45, 7) is 5.77. The van der Waals surface area contributed by atoms with Gasteiger partial charge in [-0.05, 0) is 55.9 Å². The summed E-state index contributed by atoms with van der Waals surface area (Å²) in [5.74, 6) is 0.430. The minimum Gasteiger partial charge on any atom is -0.435 e. The van der Waals surface area contributed by atoms with Gasteiger partial charge in [-0.15, -0.1) is 0 Å². The molecule has 1 amide bonds. The molecule has 0 bridgehead atoms. The van der Waals surface area contributed by atoms with Gasteiger partial charge in [0.25, 0.3) is 0 Å². The Hall–Kier alpha value is -3.19. The molecule has 1 saturated carbocycles. The van der Waals surface area contributed by atoms with Crippen molar-refractivity contribution < 1.29 is 18.7 Å². The lowest BCUT2D eigenvalue weighted by atomic mass is 10.0. The predicted octanol–water partition coefficient (Wildman–Crippen LogP) is 5.84. The molecule has 7 heteroatoms. The molecule has 5 rings (SSSR count).